The summed E-state index contributed by atoms with van der Waals surface area (Å²) in [5.74, 6) is 0.386. The van der Waals surface area contributed by atoms with Crippen LogP contribution in [-0.2, 0) is 0 Å². The summed E-state index contributed by atoms with van der Waals surface area (Å²) < 4.78 is 0. The van der Waals surface area contributed by atoms with E-state index >= 15 is 0 Å². The van der Waals surface area contributed by atoms with Crippen LogP contribution in [0.4, 0.5) is 0 Å². The number of nitrogens with zero attached hydrogens (tertiary/aromatic N) is 2. The fourth-order valence-electron chi connectivity index (χ4n) is 5.32. The molecule has 1 aromatic heterocycles. The minimum absolute atomic E-state index is 0.193. The number of aromatic hydroxyl groups is 2. The lowest BCUT2D eigenvalue weighted by atomic mass is 9.95. The molecule has 190 valence electrons. The lowest BCUT2D eigenvalue weighted by molar-refractivity contribution is 0.475. The van der Waals surface area contributed by atoms with Crippen molar-refractivity contribution < 1.29 is 10.2 Å². The molecule has 0 saturated carbocycles. The molecule has 0 unspecified atom stereocenters. The van der Waals surface area contributed by atoms with Gasteiger partial charge in [-0.15, -0.1) is 0 Å². The van der Waals surface area contributed by atoms with Crippen molar-refractivity contribution in [1.82, 2.24) is 9.97 Å². The first kappa shape index (κ1) is 23.6. The molecule has 0 fully saturated rings. The molecule has 0 radical (unpaired) electrons. The first-order chi connectivity index (χ1) is 19.7. The van der Waals surface area contributed by atoms with E-state index in [0.29, 0.717) is 0 Å². The molecule has 7 aromatic rings. The molecule has 4 heteroatoms. The van der Waals surface area contributed by atoms with Crippen molar-refractivity contribution in [3.63, 3.8) is 0 Å². The number of benzene rings is 6. The Balaban J connectivity index is 1.61. The van der Waals surface area contributed by atoms with Gasteiger partial charge in [-0.1, -0.05) is 84.9 Å². The zero-order valence-electron chi connectivity index (χ0n) is 21.5. The van der Waals surface area contributed by atoms with Crippen LogP contribution < -0.4 is 0 Å². The van der Waals surface area contributed by atoms with E-state index < -0.39 is 0 Å². The smallest absolute Gasteiger partial charge is 0.115 e. The van der Waals surface area contributed by atoms with E-state index in [2.05, 4.69) is 48.5 Å². The number of hydrogen-bond acceptors (Lipinski definition) is 4. The summed E-state index contributed by atoms with van der Waals surface area (Å²) in [6.45, 7) is 0. The third kappa shape index (κ3) is 4.12. The van der Waals surface area contributed by atoms with Crippen molar-refractivity contribution in [3.05, 3.63) is 133 Å². The van der Waals surface area contributed by atoms with E-state index in [0.717, 1.165) is 66.6 Å². The largest absolute Gasteiger partial charge is 0.508 e. The Morgan fingerprint density at radius 2 is 0.725 bits per heavy atom. The van der Waals surface area contributed by atoms with Crippen LogP contribution in [0, 0.1) is 0 Å². The molecule has 4 nitrogen and oxygen atoms in total. The predicted octanol–water partition coefficient (Wildman–Crippen LogP) is 8.86. The van der Waals surface area contributed by atoms with E-state index in [4.69, 9.17) is 9.97 Å². The van der Waals surface area contributed by atoms with Crippen molar-refractivity contribution in [2.45, 2.75) is 0 Å². The average Bonchev–Trinajstić information content (AvgIpc) is 3.01. The van der Waals surface area contributed by atoms with Crippen LogP contribution in [0.5, 0.6) is 11.5 Å². The molecule has 6 aromatic carbocycles. The Kier molecular flexibility index (Phi) is 5.72. The van der Waals surface area contributed by atoms with Gasteiger partial charge >= 0.3 is 0 Å². The molecule has 7 rings (SSSR count). The Morgan fingerprint density at radius 1 is 0.350 bits per heavy atom. The zero-order chi connectivity index (χ0) is 27.1. The number of hydrogen-bond donors (Lipinski definition) is 2. The topological polar surface area (TPSA) is 66.2 Å². The Hall–Kier alpha value is -5.48. The van der Waals surface area contributed by atoms with Crippen molar-refractivity contribution in [2.75, 3.05) is 0 Å². The van der Waals surface area contributed by atoms with Crippen LogP contribution in [0.1, 0.15) is 0 Å². The maximum atomic E-state index is 10.0. The lowest BCUT2D eigenvalue weighted by Gasteiger charge is -2.18. The van der Waals surface area contributed by atoms with Gasteiger partial charge in [0.05, 0.1) is 22.8 Å². The van der Waals surface area contributed by atoms with Crippen molar-refractivity contribution >= 4 is 21.5 Å². The quantitative estimate of drug-likeness (QED) is 0.245. The maximum absolute atomic E-state index is 10.0. The first-order valence-electron chi connectivity index (χ1n) is 13.1. The highest BCUT2D eigenvalue weighted by atomic mass is 16.3. The Morgan fingerprint density at radius 3 is 1.15 bits per heavy atom. The molecule has 0 spiro atoms. The summed E-state index contributed by atoms with van der Waals surface area (Å²) >= 11 is 0. The van der Waals surface area contributed by atoms with Gasteiger partial charge in [-0.2, -0.15) is 0 Å². The van der Waals surface area contributed by atoms with Crippen LogP contribution in [0.15, 0.2) is 133 Å². The second-order valence-electron chi connectivity index (χ2n) is 9.77. The number of rotatable bonds is 4. The molecule has 0 atom stereocenters. The number of aromatic nitrogens is 2. The van der Waals surface area contributed by atoms with E-state index in [-0.39, 0.29) is 11.5 Å². The molecule has 0 bridgehead atoms. The van der Waals surface area contributed by atoms with Gasteiger partial charge in [0.25, 0.3) is 0 Å². The van der Waals surface area contributed by atoms with Gasteiger partial charge in [-0.3, -0.25) is 0 Å². The summed E-state index contributed by atoms with van der Waals surface area (Å²) in [5, 5.41) is 24.5. The van der Waals surface area contributed by atoms with Gasteiger partial charge in [-0.05, 0) is 70.1 Å². The molecular weight excluding hydrogens is 492 g/mol. The summed E-state index contributed by atoms with van der Waals surface area (Å²) in [6.07, 6.45) is 0. The van der Waals surface area contributed by atoms with Crippen molar-refractivity contribution in [2.24, 2.45) is 0 Å². The minimum atomic E-state index is 0.193. The van der Waals surface area contributed by atoms with E-state index in [9.17, 15) is 10.2 Å². The highest BCUT2D eigenvalue weighted by molar-refractivity contribution is 6.02. The fourth-order valence-corrected chi connectivity index (χ4v) is 5.32. The normalized spacial score (nSPS) is 11.2. The lowest BCUT2D eigenvalue weighted by Crippen LogP contribution is -2.01. The van der Waals surface area contributed by atoms with Gasteiger partial charge in [0, 0.05) is 22.3 Å². The van der Waals surface area contributed by atoms with E-state index in [1.165, 1.54) is 0 Å². The molecule has 0 amide bonds. The second-order valence-corrected chi connectivity index (χ2v) is 9.77. The average molecular weight is 517 g/mol. The summed E-state index contributed by atoms with van der Waals surface area (Å²) in [4.78, 5) is 10.7. The second kappa shape index (κ2) is 9.68. The van der Waals surface area contributed by atoms with Gasteiger partial charge in [0.15, 0.2) is 0 Å². The van der Waals surface area contributed by atoms with Crippen LogP contribution in [0.3, 0.4) is 0 Å². The molecule has 2 N–H and O–H groups in total. The molecule has 0 aliphatic heterocycles. The standard InChI is InChI=1S/C36H24N2O2/c39-27-19-15-25(16-20-27)33-35(31-13-5-9-23-7-1-3-11-29(23)31)37-34(26-17-21-28(40)22-18-26)36(38-33)32-14-6-10-24-8-2-4-12-30(24)32/h1-22,39-40H. The van der Waals surface area contributed by atoms with Crippen LogP contribution in [0.25, 0.3) is 66.6 Å². The van der Waals surface area contributed by atoms with Crippen LogP contribution in [0.2, 0.25) is 0 Å². The van der Waals surface area contributed by atoms with E-state index in [1.54, 1.807) is 24.3 Å². The third-order valence-corrected chi connectivity index (χ3v) is 7.27. The summed E-state index contributed by atoms with van der Waals surface area (Å²) in [5.41, 5.74) is 6.59. The number of fused-ring (bicyclic) bond motifs is 2. The minimum Gasteiger partial charge on any atom is -0.508 e. The van der Waals surface area contributed by atoms with Gasteiger partial charge in [0.1, 0.15) is 11.5 Å². The number of phenolic OH excluding ortho intramolecular Hbond substituents is 2. The van der Waals surface area contributed by atoms with Crippen molar-refractivity contribution in [3.8, 4) is 56.5 Å². The van der Waals surface area contributed by atoms with Crippen LogP contribution in [-0.4, -0.2) is 20.2 Å². The third-order valence-electron chi connectivity index (χ3n) is 7.27. The highest BCUT2D eigenvalue weighted by Gasteiger charge is 2.21. The monoisotopic (exact) mass is 516 g/mol. The molecule has 1 heterocycles. The SMILES string of the molecule is Oc1ccc(-c2nc(-c3cccc4ccccc34)c(-c3ccc(O)cc3)nc2-c2cccc3ccccc23)cc1. The Labute approximate surface area is 231 Å². The maximum Gasteiger partial charge on any atom is 0.115 e. The molecular formula is C36H24N2O2. The van der Waals surface area contributed by atoms with Gasteiger partial charge in [0.2, 0.25) is 0 Å². The summed E-state index contributed by atoms with van der Waals surface area (Å²) in [7, 11) is 0. The molecule has 0 saturated heterocycles. The molecule has 40 heavy (non-hydrogen) atoms. The number of phenols is 2. The van der Waals surface area contributed by atoms with Crippen LogP contribution >= 0.6 is 0 Å². The summed E-state index contributed by atoms with van der Waals surface area (Å²) in [6, 6.07) is 43.2. The highest BCUT2D eigenvalue weighted by Crippen LogP contribution is 2.41. The Bertz CT molecular complexity index is 1850. The van der Waals surface area contributed by atoms with Gasteiger partial charge < -0.3 is 10.2 Å². The molecule has 0 aliphatic rings. The molecule has 0 aliphatic carbocycles. The van der Waals surface area contributed by atoms with Crippen molar-refractivity contribution in [1.29, 1.82) is 0 Å². The first-order valence-corrected chi connectivity index (χ1v) is 13.1. The predicted molar refractivity (Wildman–Crippen MR) is 162 cm³/mol. The van der Waals surface area contributed by atoms with E-state index in [1.807, 2.05) is 60.7 Å². The zero-order valence-corrected chi connectivity index (χ0v) is 21.5. The van der Waals surface area contributed by atoms with Gasteiger partial charge in [-0.25, -0.2) is 9.97 Å². The fraction of sp³-hybridized carbons (Fsp3) is 0.